The van der Waals surface area contributed by atoms with Crippen LogP contribution >= 0.6 is 0 Å². The highest BCUT2D eigenvalue weighted by molar-refractivity contribution is 5.70. The van der Waals surface area contributed by atoms with Crippen LogP contribution in [0.5, 0.6) is 11.6 Å². The molecular formula is C23H22N4O3. The van der Waals surface area contributed by atoms with Gasteiger partial charge in [-0.2, -0.15) is 4.52 Å². The van der Waals surface area contributed by atoms with E-state index in [-0.39, 0.29) is 11.5 Å². The average Bonchev–Trinajstić information content (AvgIpc) is 3.22. The van der Waals surface area contributed by atoms with Gasteiger partial charge in [0.1, 0.15) is 5.75 Å². The molecule has 1 aliphatic rings. The number of aryl methyl sites for hydroxylation is 1. The fourth-order valence-corrected chi connectivity index (χ4v) is 3.74. The topological polar surface area (TPSA) is 70.7 Å². The Hall–Kier alpha value is -3.45. The lowest BCUT2D eigenvalue weighted by molar-refractivity contribution is 0.0836. The number of hydrogen-bond donors (Lipinski definition) is 0. The van der Waals surface area contributed by atoms with Gasteiger partial charge >= 0.3 is 0 Å². The van der Waals surface area contributed by atoms with E-state index in [9.17, 15) is 4.79 Å². The molecule has 0 unspecified atom stereocenters. The van der Waals surface area contributed by atoms with Crippen LogP contribution in [0, 0.1) is 0 Å². The van der Waals surface area contributed by atoms with Crippen molar-refractivity contribution in [3.63, 3.8) is 0 Å². The second-order valence-electron chi connectivity index (χ2n) is 7.46. The minimum Gasteiger partial charge on any atom is -0.438 e. The molecule has 0 aliphatic carbocycles. The molecule has 3 aromatic heterocycles. The van der Waals surface area contributed by atoms with Gasteiger partial charge < -0.3 is 14.0 Å². The van der Waals surface area contributed by atoms with Crippen LogP contribution in [0.25, 0.3) is 16.8 Å². The summed E-state index contributed by atoms with van der Waals surface area (Å²) < 4.78 is 15.1. The van der Waals surface area contributed by atoms with E-state index in [0.717, 1.165) is 48.7 Å². The summed E-state index contributed by atoms with van der Waals surface area (Å²) in [6.45, 7) is 1.47. The van der Waals surface area contributed by atoms with Gasteiger partial charge in [0.25, 0.3) is 0 Å². The number of hydrogen-bond acceptors (Lipinski definition) is 5. The summed E-state index contributed by atoms with van der Waals surface area (Å²) in [5, 5.41) is 4.82. The molecule has 0 saturated carbocycles. The van der Waals surface area contributed by atoms with E-state index in [4.69, 9.17) is 19.6 Å². The van der Waals surface area contributed by atoms with E-state index >= 15 is 0 Å². The molecule has 7 heteroatoms. The van der Waals surface area contributed by atoms with Crippen molar-refractivity contribution in [3.8, 4) is 22.8 Å². The Kier molecular flexibility index (Phi) is 4.80. The first-order valence-electron chi connectivity index (χ1n) is 10.1. The number of rotatable bonds is 4. The molecule has 1 saturated heterocycles. The molecule has 4 aromatic rings. The lowest BCUT2D eigenvalue weighted by Crippen LogP contribution is -2.15. The molecule has 1 fully saturated rings. The molecule has 7 nitrogen and oxygen atoms in total. The average molecular weight is 402 g/mol. The molecule has 30 heavy (non-hydrogen) atoms. The fraction of sp³-hybridized carbons (Fsp3) is 0.261. The van der Waals surface area contributed by atoms with Crippen molar-refractivity contribution in [3.05, 3.63) is 77.0 Å². The molecule has 1 aromatic carbocycles. The van der Waals surface area contributed by atoms with Crippen LogP contribution in [-0.2, 0) is 11.8 Å². The van der Waals surface area contributed by atoms with Crippen LogP contribution in [0.15, 0.2) is 65.6 Å². The minimum atomic E-state index is -0.0621. The maximum atomic E-state index is 11.9. The van der Waals surface area contributed by atoms with Crippen LogP contribution in [-0.4, -0.2) is 32.4 Å². The molecule has 0 spiro atoms. The highest BCUT2D eigenvalue weighted by Crippen LogP contribution is 2.34. The smallest absolute Gasteiger partial charge is 0.250 e. The van der Waals surface area contributed by atoms with Gasteiger partial charge in [0, 0.05) is 49.6 Å². The van der Waals surface area contributed by atoms with E-state index in [1.54, 1.807) is 34.5 Å². The Morgan fingerprint density at radius 2 is 1.83 bits per heavy atom. The maximum absolute atomic E-state index is 11.9. The SMILES string of the molecule is Cn1cc(-c2ccc3nc(C4CCOCC4)nn3c2Oc2ccccc2)ccc1=O. The first kappa shape index (κ1) is 18.6. The van der Waals surface area contributed by atoms with Crippen LogP contribution < -0.4 is 10.3 Å². The number of aromatic nitrogens is 4. The second kappa shape index (κ2) is 7.76. The predicted octanol–water partition coefficient (Wildman–Crippen LogP) is 3.78. The first-order valence-corrected chi connectivity index (χ1v) is 10.1. The molecule has 1 aliphatic heterocycles. The van der Waals surface area contributed by atoms with Gasteiger partial charge in [-0.1, -0.05) is 18.2 Å². The molecule has 4 heterocycles. The summed E-state index contributed by atoms with van der Waals surface area (Å²) >= 11 is 0. The summed E-state index contributed by atoms with van der Waals surface area (Å²) in [5.41, 5.74) is 2.38. The van der Waals surface area contributed by atoms with Crippen LogP contribution in [0.4, 0.5) is 0 Å². The van der Waals surface area contributed by atoms with E-state index < -0.39 is 0 Å². The van der Waals surface area contributed by atoms with Crippen LogP contribution in [0.1, 0.15) is 24.6 Å². The Labute approximate surface area is 173 Å². The zero-order valence-electron chi connectivity index (χ0n) is 16.7. The van der Waals surface area contributed by atoms with E-state index in [0.29, 0.717) is 11.6 Å². The Morgan fingerprint density at radius 3 is 2.60 bits per heavy atom. The van der Waals surface area contributed by atoms with Crippen molar-refractivity contribution in [1.29, 1.82) is 0 Å². The van der Waals surface area contributed by atoms with Gasteiger partial charge in [-0.3, -0.25) is 4.79 Å². The Balaban J connectivity index is 1.67. The molecule has 152 valence electrons. The third kappa shape index (κ3) is 3.48. The van der Waals surface area contributed by atoms with Crippen molar-refractivity contribution in [2.24, 2.45) is 7.05 Å². The summed E-state index contributed by atoms with van der Waals surface area (Å²) in [6, 6.07) is 16.9. The van der Waals surface area contributed by atoms with Crippen molar-refractivity contribution in [2.75, 3.05) is 13.2 Å². The minimum absolute atomic E-state index is 0.0621. The van der Waals surface area contributed by atoms with Crippen molar-refractivity contribution >= 4 is 5.65 Å². The molecule has 0 amide bonds. The van der Waals surface area contributed by atoms with E-state index in [1.807, 2.05) is 42.5 Å². The highest BCUT2D eigenvalue weighted by atomic mass is 16.5. The van der Waals surface area contributed by atoms with Crippen molar-refractivity contribution in [1.82, 2.24) is 19.2 Å². The van der Waals surface area contributed by atoms with Gasteiger partial charge in [0.05, 0.1) is 0 Å². The van der Waals surface area contributed by atoms with Crippen molar-refractivity contribution in [2.45, 2.75) is 18.8 Å². The Bertz CT molecular complexity index is 1240. The zero-order valence-corrected chi connectivity index (χ0v) is 16.7. The largest absolute Gasteiger partial charge is 0.438 e. The quantitative estimate of drug-likeness (QED) is 0.520. The molecule has 0 bridgehead atoms. The van der Waals surface area contributed by atoms with Crippen molar-refractivity contribution < 1.29 is 9.47 Å². The predicted molar refractivity (Wildman–Crippen MR) is 113 cm³/mol. The third-order valence-corrected chi connectivity index (χ3v) is 5.41. The molecule has 5 rings (SSSR count). The van der Waals surface area contributed by atoms with Gasteiger partial charge in [0.15, 0.2) is 11.5 Å². The van der Waals surface area contributed by atoms with E-state index in [1.165, 1.54) is 0 Å². The van der Waals surface area contributed by atoms with Crippen LogP contribution in [0.2, 0.25) is 0 Å². The summed E-state index contributed by atoms with van der Waals surface area (Å²) in [5.74, 6) is 2.38. The number of pyridine rings is 2. The highest BCUT2D eigenvalue weighted by Gasteiger charge is 2.23. The number of ether oxygens (including phenoxy) is 2. The summed E-state index contributed by atoms with van der Waals surface area (Å²) in [6.07, 6.45) is 3.64. The van der Waals surface area contributed by atoms with Crippen LogP contribution in [0.3, 0.4) is 0 Å². The number of nitrogens with zero attached hydrogens (tertiary/aromatic N) is 4. The maximum Gasteiger partial charge on any atom is 0.250 e. The fourth-order valence-electron chi connectivity index (χ4n) is 3.74. The lowest BCUT2D eigenvalue weighted by Gasteiger charge is -2.18. The number of benzene rings is 1. The lowest BCUT2D eigenvalue weighted by atomic mass is 10.00. The summed E-state index contributed by atoms with van der Waals surface area (Å²) in [4.78, 5) is 16.6. The molecule has 0 N–H and O–H groups in total. The number of para-hydroxylation sites is 1. The monoisotopic (exact) mass is 402 g/mol. The molecule has 0 radical (unpaired) electrons. The van der Waals surface area contributed by atoms with Gasteiger partial charge in [0.2, 0.25) is 11.4 Å². The number of fused-ring (bicyclic) bond motifs is 1. The second-order valence-corrected chi connectivity index (χ2v) is 7.46. The van der Waals surface area contributed by atoms with Gasteiger partial charge in [-0.25, -0.2) is 4.98 Å². The summed E-state index contributed by atoms with van der Waals surface area (Å²) in [7, 11) is 1.74. The van der Waals surface area contributed by atoms with Gasteiger partial charge in [-0.15, -0.1) is 5.10 Å². The normalized spacial score (nSPS) is 14.8. The van der Waals surface area contributed by atoms with Gasteiger partial charge in [-0.05, 0) is 43.2 Å². The van der Waals surface area contributed by atoms with E-state index in [2.05, 4.69) is 0 Å². The third-order valence-electron chi connectivity index (χ3n) is 5.41. The molecular weight excluding hydrogens is 380 g/mol. The molecule has 0 atom stereocenters. The Morgan fingerprint density at radius 1 is 1.03 bits per heavy atom. The zero-order chi connectivity index (χ0) is 20.5. The standard InChI is InChI=1S/C23H22N4O3/c1-26-15-17(7-10-21(26)28)19-8-9-20-24-22(16-11-13-29-14-12-16)25-27(20)23(19)30-18-5-3-2-4-6-18/h2-10,15-16H,11-14H2,1H3. The first-order chi connectivity index (χ1) is 14.7.